The second kappa shape index (κ2) is 7.29. The van der Waals surface area contributed by atoms with Gasteiger partial charge in [-0.25, -0.2) is 0 Å². The van der Waals surface area contributed by atoms with Crippen LogP contribution < -0.4 is 5.32 Å². The third kappa shape index (κ3) is 4.09. The van der Waals surface area contributed by atoms with Gasteiger partial charge in [0.1, 0.15) is 0 Å². The van der Waals surface area contributed by atoms with E-state index in [0.29, 0.717) is 12.0 Å². The minimum absolute atomic E-state index is 0.628. The van der Waals surface area contributed by atoms with Gasteiger partial charge in [-0.05, 0) is 54.6 Å². The smallest absolute Gasteiger partial charge is 0.0738 e. The van der Waals surface area contributed by atoms with Crippen molar-refractivity contribution in [2.24, 2.45) is 13.0 Å². The van der Waals surface area contributed by atoms with Gasteiger partial charge in [0.05, 0.1) is 15.9 Å². The molecule has 0 aliphatic carbocycles. The minimum atomic E-state index is 0.628. The van der Waals surface area contributed by atoms with Crippen molar-refractivity contribution < 1.29 is 0 Å². The van der Waals surface area contributed by atoms with Crippen LogP contribution in [0.3, 0.4) is 0 Å². The quantitative estimate of drug-likeness (QED) is 0.835. The Bertz CT molecular complexity index is 371. The molecule has 104 valence electrons. The SMILES string of the molecule is CCNC(CCCc1c(Br)c(C)nn1C)C(C)C. The fraction of sp³-hybridized carbons (Fsp3) is 0.786. The molecule has 1 aromatic heterocycles. The van der Waals surface area contributed by atoms with E-state index in [-0.39, 0.29) is 0 Å². The molecule has 1 aromatic rings. The number of rotatable bonds is 7. The van der Waals surface area contributed by atoms with Gasteiger partial charge in [0.25, 0.3) is 0 Å². The van der Waals surface area contributed by atoms with E-state index >= 15 is 0 Å². The number of nitrogens with zero attached hydrogens (tertiary/aromatic N) is 2. The summed E-state index contributed by atoms with van der Waals surface area (Å²) in [5, 5.41) is 8.00. The lowest BCUT2D eigenvalue weighted by Crippen LogP contribution is -2.33. The topological polar surface area (TPSA) is 29.9 Å². The standard InChI is InChI=1S/C14H26BrN3/c1-6-16-12(10(2)3)8-7-9-13-14(15)11(4)17-18(13)5/h10,12,16H,6-9H2,1-5H3. The van der Waals surface area contributed by atoms with E-state index in [1.54, 1.807) is 0 Å². The molecule has 1 unspecified atom stereocenters. The van der Waals surface area contributed by atoms with Gasteiger partial charge in [0.2, 0.25) is 0 Å². The molecule has 3 nitrogen and oxygen atoms in total. The molecule has 18 heavy (non-hydrogen) atoms. The third-order valence-electron chi connectivity index (χ3n) is 3.46. The number of nitrogens with one attached hydrogen (secondary N) is 1. The predicted molar refractivity (Wildman–Crippen MR) is 80.9 cm³/mol. The molecule has 4 heteroatoms. The Morgan fingerprint density at radius 1 is 1.39 bits per heavy atom. The van der Waals surface area contributed by atoms with E-state index in [4.69, 9.17) is 0 Å². The fourth-order valence-electron chi connectivity index (χ4n) is 2.37. The van der Waals surface area contributed by atoms with Crippen molar-refractivity contribution in [1.82, 2.24) is 15.1 Å². The van der Waals surface area contributed by atoms with E-state index in [2.05, 4.69) is 47.1 Å². The van der Waals surface area contributed by atoms with Gasteiger partial charge in [-0.3, -0.25) is 4.68 Å². The molecule has 0 saturated carbocycles. The zero-order valence-electron chi connectivity index (χ0n) is 12.3. The Labute approximate surface area is 119 Å². The van der Waals surface area contributed by atoms with Crippen molar-refractivity contribution in [2.45, 2.75) is 53.0 Å². The zero-order valence-corrected chi connectivity index (χ0v) is 13.8. The molecule has 1 atom stereocenters. The molecular weight excluding hydrogens is 290 g/mol. The highest BCUT2D eigenvalue weighted by Gasteiger charge is 2.14. The highest BCUT2D eigenvalue weighted by molar-refractivity contribution is 9.10. The number of hydrogen-bond donors (Lipinski definition) is 1. The summed E-state index contributed by atoms with van der Waals surface area (Å²) in [5.74, 6) is 0.696. The maximum Gasteiger partial charge on any atom is 0.0738 e. The summed E-state index contributed by atoms with van der Waals surface area (Å²) in [6, 6.07) is 0.628. The summed E-state index contributed by atoms with van der Waals surface area (Å²) >= 11 is 3.63. The molecule has 0 aromatic carbocycles. The Balaban J connectivity index is 2.50. The number of aromatic nitrogens is 2. The van der Waals surface area contributed by atoms with Crippen molar-refractivity contribution in [3.8, 4) is 0 Å². The zero-order chi connectivity index (χ0) is 13.7. The molecule has 0 aliphatic heterocycles. The van der Waals surface area contributed by atoms with Gasteiger partial charge in [-0.1, -0.05) is 20.8 Å². The van der Waals surface area contributed by atoms with Gasteiger partial charge < -0.3 is 5.32 Å². The molecule has 0 fully saturated rings. The average Bonchev–Trinajstić information content (AvgIpc) is 2.54. The first-order chi connectivity index (χ1) is 8.47. The number of halogens is 1. The molecule has 0 bridgehead atoms. The third-order valence-corrected chi connectivity index (χ3v) is 4.49. The highest BCUT2D eigenvalue weighted by Crippen LogP contribution is 2.22. The summed E-state index contributed by atoms with van der Waals surface area (Å²) in [6.45, 7) is 9.85. The van der Waals surface area contributed by atoms with Crippen LogP contribution in [0.15, 0.2) is 4.47 Å². The molecular formula is C14H26BrN3. The first-order valence-electron chi connectivity index (χ1n) is 6.88. The van der Waals surface area contributed by atoms with Crippen molar-refractivity contribution in [1.29, 1.82) is 0 Å². The highest BCUT2D eigenvalue weighted by atomic mass is 79.9. The van der Waals surface area contributed by atoms with E-state index < -0.39 is 0 Å². The molecule has 1 heterocycles. The van der Waals surface area contributed by atoms with Crippen LogP contribution >= 0.6 is 15.9 Å². The molecule has 0 amide bonds. The lowest BCUT2D eigenvalue weighted by atomic mass is 9.98. The van der Waals surface area contributed by atoms with Crippen LogP contribution in [0.1, 0.15) is 45.0 Å². The molecule has 0 aliphatic rings. The first-order valence-corrected chi connectivity index (χ1v) is 7.68. The Morgan fingerprint density at radius 2 is 2.06 bits per heavy atom. The lowest BCUT2D eigenvalue weighted by molar-refractivity contribution is 0.375. The van der Waals surface area contributed by atoms with Crippen molar-refractivity contribution in [3.05, 3.63) is 15.9 Å². The number of hydrogen-bond acceptors (Lipinski definition) is 2. The van der Waals surface area contributed by atoms with Crippen molar-refractivity contribution >= 4 is 15.9 Å². The predicted octanol–water partition coefficient (Wildman–Crippen LogP) is 3.45. The second-order valence-electron chi connectivity index (χ2n) is 5.27. The maximum atomic E-state index is 4.43. The summed E-state index contributed by atoms with van der Waals surface area (Å²) in [4.78, 5) is 0. The molecule has 0 spiro atoms. The second-order valence-corrected chi connectivity index (χ2v) is 6.06. The molecule has 0 radical (unpaired) electrons. The van der Waals surface area contributed by atoms with Crippen LogP contribution in [0.4, 0.5) is 0 Å². The van der Waals surface area contributed by atoms with Gasteiger partial charge in [0, 0.05) is 13.1 Å². The Hall–Kier alpha value is -0.350. The minimum Gasteiger partial charge on any atom is -0.314 e. The van der Waals surface area contributed by atoms with Crippen LogP contribution in [0.25, 0.3) is 0 Å². The van der Waals surface area contributed by atoms with E-state index in [0.717, 1.165) is 18.7 Å². The van der Waals surface area contributed by atoms with E-state index in [1.165, 1.54) is 23.0 Å². The van der Waals surface area contributed by atoms with Gasteiger partial charge in [-0.15, -0.1) is 0 Å². The maximum absolute atomic E-state index is 4.43. The van der Waals surface area contributed by atoms with Gasteiger partial charge in [0.15, 0.2) is 0 Å². The molecule has 1 rings (SSSR count). The van der Waals surface area contributed by atoms with E-state index in [9.17, 15) is 0 Å². The van der Waals surface area contributed by atoms with Crippen LogP contribution in [0.5, 0.6) is 0 Å². The largest absolute Gasteiger partial charge is 0.314 e. The van der Waals surface area contributed by atoms with Gasteiger partial charge >= 0.3 is 0 Å². The summed E-state index contributed by atoms with van der Waals surface area (Å²) in [6.07, 6.45) is 3.52. The lowest BCUT2D eigenvalue weighted by Gasteiger charge is -2.21. The summed E-state index contributed by atoms with van der Waals surface area (Å²) in [7, 11) is 2.03. The summed E-state index contributed by atoms with van der Waals surface area (Å²) in [5.41, 5.74) is 2.39. The van der Waals surface area contributed by atoms with Crippen molar-refractivity contribution in [3.63, 3.8) is 0 Å². The normalized spacial score (nSPS) is 13.3. The molecule has 1 N–H and O–H groups in total. The number of aryl methyl sites for hydroxylation is 2. The Morgan fingerprint density at radius 3 is 2.50 bits per heavy atom. The fourth-order valence-corrected chi connectivity index (χ4v) is 2.91. The summed E-state index contributed by atoms with van der Waals surface area (Å²) < 4.78 is 3.17. The Kier molecular flexibility index (Phi) is 6.36. The average molecular weight is 316 g/mol. The van der Waals surface area contributed by atoms with Crippen LogP contribution in [0.2, 0.25) is 0 Å². The van der Waals surface area contributed by atoms with Crippen LogP contribution in [-0.4, -0.2) is 22.4 Å². The molecule has 0 saturated heterocycles. The first kappa shape index (κ1) is 15.7. The van der Waals surface area contributed by atoms with Gasteiger partial charge in [-0.2, -0.15) is 5.10 Å². The van der Waals surface area contributed by atoms with Crippen LogP contribution in [-0.2, 0) is 13.5 Å². The van der Waals surface area contributed by atoms with Crippen molar-refractivity contribution in [2.75, 3.05) is 6.54 Å². The van der Waals surface area contributed by atoms with Crippen LogP contribution in [0, 0.1) is 12.8 Å². The monoisotopic (exact) mass is 315 g/mol. The van der Waals surface area contributed by atoms with E-state index in [1.807, 2.05) is 18.7 Å².